The highest BCUT2D eigenvalue weighted by Crippen LogP contribution is 1.88. The Morgan fingerprint density at radius 2 is 1.64 bits per heavy atom. The zero-order chi connectivity index (χ0) is 11.4. The Labute approximate surface area is 88.3 Å². The monoisotopic (exact) mass is 206 g/mol. The number of hydrogen-bond donors (Lipinski definition) is 2. The van der Waals surface area contributed by atoms with Gasteiger partial charge in [-0.1, -0.05) is 27.7 Å². The molecule has 0 saturated carbocycles. The molecule has 14 heavy (non-hydrogen) atoms. The fourth-order valence-electron chi connectivity index (χ4n) is 0.500. The molecule has 0 aliphatic rings. The maximum absolute atomic E-state index is 4.84. The van der Waals surface area contributed by atoms with E-state index in [4.69, 9.17) is 4.84 Å². The Balaban J connectivity index is 0. The normalized spacial score (nSPS) is 10.3. The molecule has 0 atom stereocenters. The Kier molecular flexibility index (Phi) is 14.9. The fourth-order valence-corrected chi connectivity index (χ4v) is 0.500. The van der Waals surface area contributed by atoms with Crippen molar-refractivity contribution in [2.75, 3.05) is 27.3 Å². The van der Waals surface area contributed by atoms with Crippen molar-refractivity contribution in [1.29, 1.82) is 0 Å². The van der Waals surface area contributed by atoms with E-state index in [1.54, 1.807) is 14.2 Å². The topological polar surface area (TPSA) is 42.5 Å². The zero-order valence-electron chi connectivity index (χ0n) is 10.4. The molecule has 0 heterocycles. The highest BCUT2D eigenvalue weighted by atomic mass is 16.6. The standard InChI is InChI=1S/2C5H13NO/c1-5(2)4-6-7-3;1-5(2)4-7-6-3/h2*5-6H,4H2,1-3H3. The first kappa shape index (κ1) is 16.3. The average molecular weight is 206 g/mol. The summed E-state index contributed by atoms with van der Waals surface area (Å²) in [5.41, 5.74) is 5.35. The van der Waals surface area contributed by atoms with Gasteiger partial charge in [0, 0.05) is 13.6 Å². The van der Waals surface area contributed by atoms with E-state index in [9.17, 15) is 0 Å². The Morgan fingerprint density at radius 1 is 1.07 bits per heavy atom. The van der Waals surface area contributed by atoms with Gasteiger partial charge < -0.3 is 9.68 Å². The lowest BCUT2D eigenvalue weighted by molar-refractivity contribution is 0.0392. The SMILES string of the molecule is CNOCC(C)C.CONCC(C)C. The van der Waals surface area contributed by atoms with Gasteiger partial charge in [-0.25, -0.2) is 11.0 Å². The third kappa shape index (κ3) is 22.6. The van der Waals surface area contributed by atoms with Crippen molar-refractivity contribution in [3.05, 3.63) is 0 Å². The molecule has 4 nitrogen and oxygen atoms in total. The molecule has 0 spiro atoms. The zero-order valence-corrected chi connectivity index (χ0v) is 10.4. The molecule has 0 aromatic carbocycles. The largest absolute Gasteiger partial charge is 0.305 e. The van der Waals surface area contributed by atoms with Gasteiger partial charge in [-0.2, -0.15) is 0 Å². The van der Waals surface area contributed by atoms with E-state index in [0.29, 0.717) is 11.8 Å². The van der Waals surface area contributed by atoms with Gasteiger partial charge in [0.1, 0.15) is 0 Å². The molecule has 0 unspecified atom stereocenters. The molecule has 0 amide bonds. The van der Waals surface area contributed by atoms with Crippen LogP contribution in [0.5, 0.6) is 0 Å². The van der Waals surface area contributed by atoms with Gasteiger partial charge in [-0.05, 0) is 11.8 Å². The van der Waals surface area contributed by atoms with Gasteiger partial charge in [0.05, 0.1) is 13.7 Å². The summed E-state index contributed by atoms with van der Waals surface area (Å²) >= 11 is 0. The van der Waals surface area contributed by atoms with Crippen LogP contribution in [0.25, 0.3) is 0 Å². The molecule has 0 bridgehead atoms. The van der Waals surface area contributed by atoms with Crippen LogP contribution in [-0.4, -0.2) is 27.3 Å². The lowest BCUT2D eigenvalue weighted by Crippen LogP contribution is -2.17. The van der Waals surface area contributed by atoms with E-state index >= 15 is 0 Å². The summed E-state index contributed by atoms with van der Waals surface area (Å²) in [6.45, 7) is 10.2. The first-order chi connectivity index (χ1) is 6.54. The molecule has 0 rings (SSSR count). The Hall–Kier alpha value is -0.160. The summed E-state index contributed by atoms with van der Waals surface area (Å²) in [5, 5.41) is 0. The summed E-state index contributed by atoms with van der Waals surface area (Å²) < 4.78 is 0. The quantitative estimate of drug-likeness (QED) is 0.648. The van der Waals surface area contributed by atoms with E-state index < -0.39 is 0 Å². The van der Waals surface area contributed by atoms with Gasteiger partial charge in [-0.15, -0.1) is 0 Å². The van der Waals surface area contributed by atoms with Gasteiger partial charge >= 0.3 is 0 Å². The van der Waals surface area contributed by atoms with Crippen LogP contribution in [0.3, 0.4) is 0 Å². The predicted molar refractivity (Wildman–Crippen MR) is 59.7 cm³/mol. The van der Waals surface area contributed by atoms with Crippen LogP contribution in [0.15, 0.2) is 0 Å². The number of hydrogen-bond acceptors (Lipinski definition) is 4. The molecule has 0 saturated heterocycles. The molecule has 0 fully saturated rings. The summed E-state index contributed by atoms with van der Waals surface area (Å²) in [5.74, 6) is 1.28. The lowest BCUT2D eigenvalue weighted by atomic mass is 10.2. The number of nitrogens with one attached hydrogen (secondary N) is 2. The number of hydroxylamine groups is 2. The van der Waals surface area contributed by atoms with Crippen molar-refractivity contribution in [3.8, 4) is 0 Å². The highest BCUT2D eigenvalue weighted by Gasteiger charge is 1.88. The van der Waals surface area contributed by atoms with Gasteiger partial charge in [-0.3, -0.25) is 0 Å². The van der Waals surface area contributed by atoms with Crippen molar-refractivity contribution < 1.29 is 9.68 Å². The predicted octanol–water partition coefficient (Wildman–Crippen LogP) is 1.59. The fraction of sp³-hybridized carbons (Fsp3) is 1.00. The minimum atomic E-state index is 0.618. The van der Waals surface area contributed by atoms with Crippen LogP contribution in [0.4, 0.5) is 0 Å². The Morgan fingerprint density at radius 3 is 1.79 bits per heavy atom. The van der Waals surface area contributed by atoms with Crippen LogP contribution < -0.4 is 11.0 Å². The minimum absolute atomic E-state index is 0.618. The molecule has 88 valence electrons. The summed E-state index contributed by atoms with van der Waals surface area (Å²) in [6, 6.07) is 0. The molecule has 4 heteroatoms. The lowest BCUT2D eigenvalue weighted by Gasteiger charge is -2.02. The molecule has 2 N–H and O–H groups in total. The molecule has 0 radical (unpaired) electrons. The van der Waals surface area contributed by atoms with E-state index in [1.807, 2.05) is 0 Å². The van der Waals surface area contributed by atoms with Crippen molar-refractivity contribution in [2.24, 2.45) is 11.8 Å². The summed E-state index contributed by atoms with van der Waals surface area (Å²) in [4.78, 5) is 9.45. The second-order valence-corrected chi connectivity index (χ2v) is 3.86. The minimum Gasteiger partial charge on any atom is -0.305 e. The molecule has 0 aliphatic carbocycles. The molecule has 0 aliphatic heterocycles. The van der Waals surface area contributed by atoms with E-state index in [0.717, 1.165) is 13.2 Å². The van der Waals surface area contributed by atoms with Gasteiger partial charge in [0.2, 0.25) is 0 Å². The van der Waals surface area contributed by atoms with Crippen molar-refractivity contribution in [3.63, 3.8) is 0 Å². The summed E-state index contributed by atoms with van der Waals surface area (Å²) in [7, 11) is 3.39. The van der Waals surface area contributed by atoms with E-state index in [1.165, 1.54) is 0 Å². The van der Waals surface area contributed by atoms with Crippen LogP contribution in [-0.2, 0) is 9.68 Å². The first-order valence-corrected chi connectivity index (χ1v) is 5.08. The third-order valence-electron chi connectivity index (χ3n) is 1.20. The Bertz CT molecular complexity index is 86.1. The maximum Gasteiger partial charge on any atom is 0.0704 e. The summed E-state index contributed by atoms with van der Waals surface area (Å²) in [6.07, 6.45) is 0. The van der Waals surface area contributed by atoms with Crippen LogP contribution in [0.1, 0.15) is 27.7 Å². The van der Waals surface area contributed by atoms with Gasteiger partial charge in [0.15, 0.2) is 0 Å². The molecule has 0 aromatic rings. The van der Waals surface area contributed by atoms with Gasteiger partial charge in [0.25, 0.3) is 0 Å². The second kappa shape index (κ2) is 12.8. The van der Waals surface area contributed by atoms with E-state index in [-0.39, 0.29) is 0 Å². The molecular formula is C10H26N2O2. The van der Waals surface area contributed by atoms with E-state index in [2.05, 4.69) is 43.5 Å². The smallest absolute Gasteiger partial charge is 0.0704 e. The average Bonchev–Trinajstić information content (AvgIpc) is 2.12. The van der Waals surface area contributed by atoms with Crippen molar-refractivity contribution in [1.82, 2.24) is 11.0 Å². The first-order valence-electron chi connectivity index (χ1n) is 5.08. The van der Waals surface area contributed by atoms with Crippen molar-refractivity contribution >= 4 is 0 Å². The number of rotatable bonds is 6. The second-order valence-electron chi connectivity index (χ2n) is 3.86. The molecular weight excluding hydrogens is 180 g/mol. The van der Waals surface area contributed by atoms with Crippen LogP contribution in [0, 0.1) is 11.8 Å². The maximum atomic E-state index is 4.84. The van der Waals surface area contributed by atoms with Crippen LogP contribution in [0.2, 0.25) is 0 Å². The van der Waals surface area contributed by atoms with Crippen molar-refractivity contribution in [2.45, 2.75) is 27.7 Å². The third-order valence-corrected chi connectivity index (χ3v) is 1.20. The molecule has 0 aromatic heterocycles. The van der Waals surface area contributed by atoms with Crippen LogP contribution >= 0.6 is 0 Å². The highest BCUT2D eigenvalue weighted by molar-refractivity contribution is 4.40.